The van der Waals surface area contributed by atoms with E-state index in [9.17, 15) is 4.39 Å². The second-order valence-electron chi connectivity index (χ2n) is 33.3. The number of nitrogens with zero attached hydrogens (tertiary/aromatic N) is 16. The minimum atomic E-state index is -0.399. The summed E-state index contributed by atoms with van der Waals surface area (Å²) < 4.78 is 41.1. The molecule has 0 saturated heterocycles. The molecule has 2 aliphatic rings. The van der Waals surface area contributed by atoms with E-state index in [1.54, 1.807) is 31.0 Å². The number of benzene rings is 5. The number of hydrogen-bond donors (Lipinski definition) is 10. The highest BCUT2D eigenvalue weighted by Gasteiger charge is 2.26. The van der Waals surface area contributed by atoms with Gasteiger partial charge in [0.1, 0.15) is 28.5 Å². The molecule has 0 radical (unpaired) electrons. The van der Waals surface area contributed by atoms with Crippen LogP contribution < -0.4 is 26.6 Å². The van der Waals surface area contributed by atoms with Crippen LogP contribution in [0.5, 0.6) is 0 Å². The third-order valence-corrected chi connectivity index (χ3v) is 22.7. The summed E-state index contributed by atoms with van der Waals surface area (Å²) in [7, 11) is 0. The zero-order valence-corrected chi connectivity index (χ0v) is 69.4. The van der Waals surface area contributed by atoms with Crippen LogP contribution in [0.3, 0.4) is 0 Å². The lowest BCUT2D eigenvalue weighted by Crippen LogP contribution is -2.11. The molecule has 15 heterocycles. The van der Waals surface area contributed by atoms with Crippen LogP contribution in [-0.4, -0.2) is 107 Å². The van der Waals surface area contributed by atoms with Gasteiger partial charge in [0.2, 0.25) is 5.65 Å². The van der Waals surface area contributed by atoms with Crippen molar-refractivity contribution in [2.45, 2.75) is 162 Å². The second-order valence-corrected chi connectivity index (χ2v) is 33.3. The fourth-order valence-corrected chi connectivity index (χ4v) is 16.2. The summed E-state index contributed by atoms with van der Waals surface area (Å²) in [4.78, 5) is 25.3. The molecule has 31 nitrogen and oxygen atoms in total. The van der Waals surface area contributed by atoms with E-state index in [2.05, 4.69) is 207 Å². The molecule has 123 heavy (non-hydrogen) atoms. The van der Waals surface area contributed by atoms with Crippen molar-refractivity contribution in [1.29, 1.82) is 0 Å². The van der Waals surface area contributed by atoms with Crippen LogP contribution in [0.2, 0.25) is 0 Å². The Morgan fingerprint density at radius 3 is 1.32 bits per heavy atom. The Kier molecular flexibility index (Phi) is 22.4. The van der Waals surface area contributed by atoms with Gasteiger partial charge in [-0.1, -0.05) is 133 Å². The molecule has 624 valence electrons. The van der Waals surface area contributed by atoms with Gasteiger partial charge in [-0.3, -0.25) is 35.5 Å². The third-order valence-electron chi connectivity index (χ3n) is 22.7. The van der Waals surface area contributed by atoms with E-state index in [0.29, 0.717) is 57.0 Å². The lowest BCUT2D eigenvalue weighted by Gasteiger charge is -2.14. The van der Waals surface area contributed by atoms with Crippen molar-refractivity contribution in [2.24, 2.45) is 11.8 Å². The van der Waals surface area contributed by atoms with Crippen molar-refractivity contribution < 1.29 is 27.0 Å². The Bertz CT molecular complexity index is 6890. The number of fused-ring (bicyclic) bond motifs is 10. The Balaban J connectivity index is 0.000000105. The number of aryl methyl sites for hydroxylation is 2. The molecule has 10 N–H and O–H groups in total. The summed E-state index contributed by atoms with van der Waals surface area (Å²) in [6.45, 7) is 17.1. The lowest BCUT2D eigenvalue weighted by molar-refractivity contribution is 0.419. The number of aromatic nitrogens is 21. The van der Waals surface area contributed by atoms with Gasteiger partial charge in [0, 0.05) is 133 Å². The molecule has 2 saturated carbocycles. The largest absolute Gasteiger partial charge is 0.356 e. The zero-order valence-electron chi connectivity index (χ0n) is 69.4. The van der Waals surface area contributed by atoms with Crippen molar-refractivity contribution in [3.8, 4) is 0 Å². The smallest absolute Gasteiger partial charge is 0.201 e. The number of pyridine rings is 4. The summed E-state index contributed by atoms with van der Waals surface area (Å²) in [5.74, 6) is 5.24. The van der Waals surface area contributed by atoms with E-state index >= 15 is 0 Å². The number of nitrogens with one attached hydrogen (secondary N) is 10. The van der Waals surface area contributed by atoms with Crippen molar-refractivity contribution in [3.05, 3.63) is 205 Å². The molecule has 0 bridgehead atoms. The molecule has 0 aliphatic heterocycles. The molecular formula is C91H93FN26O5. The minimum Gasteiger partial charge on any atom is -0.356 e. The molecule has 2 fully saturated rings. The van der Waals surface area contributed by atoms with E-state index in [-0.39, 0.29) is 10.8 Å². The Morgan fingerprint density at radius 2 is 0.789 bits per heavy atom. The van der Waals surface area contributed by atoms with Crippen LogP contribution >= 0.6 is 0 Å². The van der Waals surface area contributed by atoms with Gasteiger partial charge >= 0.3 is 0 Å². The number of anilines is 10. The summed E-state index contributed by atoms with van der Waals surface area (Å²) in [5, 5.41) is 80.2. The SMILES string of the molecule is CC(C)(C)c1noc2cc(Nc3[nH]nc4nccnc34)ccc12.CC(C)(C)c1noc2cc(Nc3n[nH]c4cccnc34)ccc12.CCC(CC)c1noc2cc(Nc3n[nH]c4cccnc34)ccc12.Fc1cnc2n[nH]c(Nc3ccc4c(CCC5CCCC5)noc4c3)c2c1.c1cnc2n[nH]c(Nc3ccc4c(CCC5CCCC5)noc4c3)c2c1. The summed E-state index contributed by atoms with van der Waals surface area (Å²) in [6.07, 6.45) is 27.0. The van der Waals surface area contributed by atoms with Crippen LogP contribution in [0.4, 0.5) is 61.9 Å². The highest BCUT2D eigenvalue weighted by atomic mass is 19.1. The normalized spacial score (nSPS) is 13.3. The molecule has 0 unspecified atom stereocenters. The number of hydrogen-bond acceptors (Lipinski definition) is 26. The minimum absolute atomic E-state index is 0.0531. The van der Waals surface area contributed by atoms with Crippen molar-refractivity contribution in [2.75, 3.05) is 26.6 Å². The number of aromatic amines is 5. The molecule has 22 rings (SSSR count). The summed E-state index contributed by atoms with van der Waals surface area (Å²) >= 11 is 0. The fraction of sp³-hybridized carbons (Fsp3) is 0.297. The maximum Gasteiger partial charge on any atom is 0.201 e. The predicted molar refractivity (Wildman–Crippen MR) is 475 cm³/mol. The van der Waals surface area contributed by atoms with Crippen molar-refractivity contribution >= 4 is 168 Å². The van der Waals surface area contributed by atoms with Gasteiger partial charge in [-0.25, -0.2) is 24.3 Å². The Labute approximate surface area is 703 Å². The first kappa shape index (κ1) is 79.5. The highest BCUT2D eigenvalue weighted by Crippen LogP contribution is 2.39. The quantitative estimate of drug-likeness (QED) is 0.0359. The lowest BCUT2D eigenvalue weighted by atomic mass is 9.90. The van der Waals surface area contributed by atoms with Gasteiger partial charge in [0.05, 0.1) is 56.5 Å². The van der Waals surface area contributed by atoms with E-state index in [0.717, 1.165) is 189 Å². The van der Waals surface area contributed by atoms with Gasteiger partial charge in [-0.15, -0.1) is 0 Å². The predicted octanol–water partition coefficient (Wildman–Crippen LogP) is 22.5. The first-order valence-electron chi connectivity index (χ1n) is 41.8. The maximum absolute atomic E-state index is 13.5. The summed E-state index contributed by atoms with van der Waals surface area (Å²) in [6, 6.07) is 42.9. The van der Waals surface area contributed by atoms with E-state index in [1.165, 1.54) is 70.3 Å². The van der Waals surface area contributed by atoms with Gasteiger partial charge < -0.3 is 49.2 Å². The number of rotatable bonds is 19. The molecule has 32 heteroatoms. The van der Waals surface area contributed by atoms with Gasteiger partial charge in [-0.2, -0.15) is 25.5 Å². The first-order chi connectivity index (χ1) is 60.0. The second kappa shape index (κ2) is 34.6. The molecule has 0 atom stereocenters. The monoisotopic (exact) mass is 1650 g/mol. The van der Waals surface area contributed by atoms with E-state index in [4.69, 9.17) is 22.6 Å². The topological polar surface area (TPSA) is 411 Å². The standard InChI is InChI=1S/C20H20FN5O.C20H21N5O.C18H19N5O.C17H17N5O.C16H16N6O/c21-13-9-16-19(22-11-13)24-25-20(16)23-14-6-7-15-17(26-27-18(15)10-14)8-5-12-3-1-2-4-12;1-2-5-13(4-1)7-10-17-15-9-8-14(12-18(15)26-25-17)22-20-16-6-3-11-21-19(16)23-24-20;1-3-11(4-2)16-13-8-7-12(10-15(13)24-23-16)20-18-17-14(21-22-18)6-5-9-19-17;1-17(2,3)15-11-7-6-10(9-13(11)23-22-15)19-16-14-12(20-21-16)5-4-8-18-14;1-16(2,3)13-10-5-4-9(8-11(10)23-22-13)19-15-12-14(20-21-15)18-7-6-17-12/h6-7,9-12H,1-5,8H2,(H2,22,23,24,25);3,6,8-9,11-13H,1-2,4-5,7,10H2,(H2,21,22,23,24);5-11H,3-4H2,1-2H3,(H2,20,21,22);4-9H,1-3H3,(H2,19,20,21);4-8H,1-3H3,(H2,18,19,20,21). The van der Waals surface area contributed by atoms with Crippen molar-refractivity contribution in [1.82, 2.24) is 107 Å². The molecule has 5 aromatic carbocycles. The molecule has 0 spiro atoms. The average molecular weight is 1650 g/mol. The van der Waals surface area contributed by atoms with Crippen LogP contribution in [0.15, 0.2) is 193 Å². The summed E-state index contributed by atoms with van der Waals surface area (Å²) in [5.41, 5.74) is 19.1. The first-order valence-corrected chi connectivity index (χ1v) is 41.8. The van der Waals surface area contributed by atoms with Crippen LogP contribution in [0.1, 0.15) is 167 Å². The van der Waals surface area contributed by atoms with Crippen LogP contribution in [0.25, 0.3) is 110 Å². The molecule has 0 amide bonds. The molecule has 20 aromatic rings. The number of H-pyrrole nitrogens is 5. The highest BCUT2D eigenvalue weighted by molar-refractivity contribution is 5.95. The Morgan fingerprint density at radius 1 is 0.382 bits per heavy atom. The van der Waals surface area contributed by atoms with Crippen LogP contribution in [-0.2, 0) is 23.7 Å². The van der Waals surface area contributed by atoms with Gasteiger partial charge in [-0.05, 0) is 153 Å². The Hall–Kier alpha value is -14.6. The van der Waals surface area contributed by atoms with Gasteiger partial charge in [0.25, 0.3) is 0 Å². The van der Waals surface area contributed by atoms with E-state index in [1.807, 2.05) is 109 Å². The average Bonchev–Trinajstić information content (AvgIpc) is 1.65. The van der Waals surface area contributed by atoms with Crippen molar-refractivity contribution in [3.63, 3.8) is 0 Å². The maximum atomic E-state index is 13.5. The van der Waals surface area contributed by atoms with Crippen LogP contribution in [0, 0.1) is 17.7 Å². The number of halogens is 1. The fourth-order valence-electron chi connectivity index (χ4n) is 16.2. The van der Waals surface area contributed by atoms with E-state index < -0.39 is 5.82 Å². The van der Waals surface area contributed by atoms with Gasteiger partial charge in [0.15, 0.2) is 62.2 Å². The zero-order chi connectivity index (χ0) is 84.1. The molecule has 2 aliphatic carbocycles. The molecule has 15 aromatic heterocycles. The molecular weight excluding hydrogens is 1560 g/mol. The third kappa shape index (κ3) is 17.5.